The van der Waals surface area contributed by atoms with Crippen molar-refractivity contribution in [2.75, 3.05) is 20.3 Å². The molecule has 0 fully saturated rings. The third-order valence-electron chi connectivity index (χ3n) is 5.68. The van der Waals surface area contributed by atoms with E-state index in [2.05, 4.69) is 34.5 Å². The van der Waals surface area contributed by atoms with E-state index in [0.29, 0.717) is 18.7 Å². The third kappa shape index (κ3) is 6.20. The Morgan fingerprint density at radius 2 is 1.72 bits per heavy atom. The molecule has 1 aliphatic heterocycles. The summed E-state index contributed by atoms with van der Waals surface area (Å²) in [5.74, 6) is 0.445. The number of carbonyl (C=O) groups is 1. The largest absolute Gasteiger partial charge is 0.466 e. The summed E-state index contributed by atoms with van der Waals surface area (Å²) in [6.07, 6.45) is 3.11. The quantitative estimate of drug-likeness (QED) is 0.440. The molecule has 2 aromatic rings. The average Bonchev–Trinajstić information content (AvgIpc) is 2.83. The van der Waals surface area contributed by atoms with Gasteiger partial charge in [-0.05, 0) is 43.7 Å². The maximum absolute atomic E-state index is 12.8. The number of ether oxygens (including phenoxy) is 1. The molecule has 2 N–H and O–H groups in total. The molecule has 32 heavy (non-hydrogen) atoms. The highest BCUT2D eigenvalue weighted by molar-refractivity contribution is 5.95. The molecule has 0 saturated heterocycles. The summed E-state index contributed by atoms with van der Waals surface area (Å²) in [6.45, 7) is 3.34. The van der Waals surface area contributed by atoms with E-state index in [4.69, 9.17) is 14.8 Å². The first-order valence-corrected chi connectivity index (χ1v) is 11.2. The molecule has 6 nitrogen and oxygen atoms in total. The molecule has 2 aromatic carbocycles. The van der Waals surface area contributed by atoms with Crippen LogP contribution in [-0.4, -0.2) is 48.2 Å². The number of hydrogen-bond donors (Lipinski definition) is 2. The Labute approximate surface area is 190 Å². The third-order valence-corrected chi connectivity index (χ3v) is 5.68. The zero-order chi connectivity index (χ0) is 22.8. The zero-order valence-electron chi connectivity index (χ0n) is 19.0. The van der Waals surface area contributed by atoms with E-state index in [1.807, 2.05) is 43.3 Å². The number of aliphatic hydroxyl groups excluding tert-OH is 1. The summed E-state index contributed by atoms with van der Waals surface area (Å²) in [5, 5.41) is 12.6. The van der Waals surface area contributed by atoms with Gasteiger partial charge in [-0.2, -0.15) is 0 Å². The molecule has 1 aliphatic rings. The number of aryl methyl sites for hydroxylation is 1. The fourth-order valence-electron chi connectivity index (χ4n) is 3.93. The van der Waals surface area contributed by atoms with Gasteiger partial charge in [0, 0.05) is 18.8 Å². The molecule has 1 atom stereocenters. The fourth-order valence-corrected chi connectivity index (χ4v) is 3.93. The van der Waals surface area contributed by atoms with Crippen LogP contribution in [0.4, 0.5) is 0 Å². The number of guanidine groups is 1. The Hall–Kier alpha value is -3.12. The maximum atomic E-state index is 12.8. The number of esters is 1. The lowest BCUT2D eigenvalue weighted by atomic mass is 9.95. The molecule has 0 amide bonds. The number of methoxy groups -OCH3 is 1. The van der Waals surface area contributed by atoms with E-state index >= 15 is 0 Å². The molecule has 0 saturated carbocycles. The van der Waals surface area contributed by atoms with Crippen LogP contribution in [0.2, 0.25) is 0 Å². The summed E-state index contributed by atoms with van der Waals surface area (Å²) in [5.41, 5.74) is 3.86. The van der Waals surface area contributed by atoms with Gasteiger partial charge in [-0.15, -0.1) is 0 Å². The lowest BCUT2D eigenvalue weighted by molar-refractivity contribution is -0.136. The van der Waals surface area contributed by atoms with Crippen molar-refractivity contribution >= 4 is 11.9 Å². The van der Waals surface area contributed by atoms with Crippen LogP contribution >= 0.6 is 0 Å². The monoisotopic (exact) mass is 435 g/mol. The minimum absolute atomic E-state index is 0.164. The van der Waals surface area contributed by atoms with Crippen LogP contribution in [0.5, 0.6) is 0 Å². The van der Waals surface area contributed by atoms with Crippen LogP contribution < -0.4 is 5.32 Å². The topological polar surface area (TPSA) is 74.2 Å². The molecule has 6 heteroatoms. The molecule has 0 bridgehead atoms. The molecular weight excluding hydrogens is 402 g/mol. The van der Waals surface area contributed by atoms with Crippen LogP contribution in [0.15, 0.2) is 76.9 Å². The van der Waals surface area contributed by atoms with Gasteiger partial charge in [0.25, 0.3) is 0 Å². The Kier molecular flexibility index (Phi) is 8.87. The summed E-state index contributed by atoms with van der Waals surface area (Å²) < 4.78 is 5.16. The standard InChI is InChI=1S/C26H33N3O3/c1-20-24(25(31)32-2)23(16-15-21-11-5-3-6-12-21)28-26(27-17-9-10-18-30)29(20)19-22-13-7-4-8-14-22/h3-8,11-14,23,30H,9-10,15-19H2,1-2H3,(H,27,28)/t23-/m0/s1. The second-order valence-corrected chi connectivity index (χ2v) is 7.92. The Bertz CT molecular complexity index is 926. The molecular formula is C26H33N3O3. The van der Waals surface area contributed by atoms with Gasteiger partial charge in [-0.1, -0.05) is 60.7 Å². The van der Waals surface area contributed by atoms with Crippen molar-refractivity contribution in [3.05, 3.63) is 83.1 Å². The highest BCUT2D eigenvalue weighted by Gasteiger charge is 2.34. The predicted octanol–water partition coefficient (Wildman–Crippen LogP) is 3.67. The molecule has 0 aromatic heterocycles. The minimum atomic E-state index is -0.314. The van der Waals surface area contributed by atoms with Crippen molar-refractivity contribution in [2.24, 2.45) is 4.99 Å². The van der Waals surface area contributed by atoms with Gasteiger partial charge in [0.15, 0.2) is 5.96 Å². The number of allylic oxidation sites excluding steroid dienone is 1. The Morgan fingerprint density at radius 1 is 1.06 bits per heavy atom. The number of unbranched alkanes of at least 4 members (excludes halogenated alkanes) is 1. The number of carbonyl (C=O) groups excluding carboxylic acids is 1. The normalized spacial score (nSPS) is 17.4. The second kappa shape index (κ2) is 12.1. The smallest absolute Gasteiger partial charge is 0.337 e. The van der Waals surface area contributed by atoms with Crippen molar-refractivity contribution < 1.29 is 14.6 Å². The van der Waals surface area contributed by atoms with Gasteiger partial charge in [0.1, 0.15) is 0 Å². The van der Waals surface area contributed by atoms with Crippen LogP contribution in [0.1, 0.15) is 37.3 Å². The summed E-state index contributed by atoms with van der Waals surface area (Å²) in [7, 11) is 1.43. The van der Waals surface area contributed by atoms with Gasteiger partial charge in [0.05, 0.1) is 25.3 Å². The van der Waals surface area contributed by atoms with Crippen molar-refractivity contribution in [3.8, 4) is 0 Å². The molecule has 0 spiro atoms. The van der Waals surface area contributed by atoms with E-state index in [-0.39, 0.29) is 18.6 Å². The van der Waals surface area contributed by atoms with Crippen LogP contribution in [0.25, 0.3) is 0 Å². The summed E-state index contributed by atoms with van der Waals surface area (Å²) in [4.78, 5) is 19.7. The average molecular weight is 436 g/mol. The lowest BCUT2D eigenvalue weighted by Gasteiger charge is -2.38. The number of benzene rings is 2. The van der Waals surface area contributed by atoms with E-state index in [1.165, 1.54) is 12.7 Å². The van der Waals surface area contributed by atoms with Crippen LogP contribution in [-0.2, 0) is 22.5 Å². The highest BCUT2D eigenvalue weighted by Crippen LogP contribution is 2.26. The van der Waals surface area contributed by atoms with E-state index in [1.54, 1.807) is 0 Å². The molecule has 3 rings (SSSR count). The number of nitrogens with one attached hydrogen (secondary N) is 1. The SMILES string of the molecule is COC(=O)C1=C(C)N(Cc2ccccc2)C(=NCCCCO)N[C@H]1CCc1ccccc1. The van der Waals surface area contributed by atoms with E-state index in [9.17, 15) is 4.79 Å². The summed E-state index contributed by atoms with van der Waals surface area (Å²) in [6, 6.07) is 20.2. The fraction of sp³-hybridized carbons (Fsp3) is 0.385. The number of rotatable bonds is 10. The minimum Gasteiger partial charge on any atom is -0.466 e. The van der Waals surface area contributed by atoms with Gasteiger partial charge < -0.3 is 20.1 Å². The molecule has 0 aliphatic carbocycles. The number of aliphatic hydroxyl groups is 1. The maximum Gasteiger partial charge on any atom is 0.337 e. The second-order valence-electron chi connectivity index (χ2n) is 7.92. The van der Waals surface area contributed by atoms with Crippen molar-refractivity contribution in [3.63, 3.8) is 0 Å². The van der Waals surface area contributed by atoms with E-state index in [0.717, 1.165) is 42.9 Å². The Balaban J connectivity index is 1.91. The zero-order valence-corrected chi connectivity index (χ0v) is 19.0. The number of aliphatic imine (C=N–C) groups is 1. The van der Waals surface area contributed by atoms with E-state index < -0.39 is 0 Å². The first-order chi connectivity index (χ1) is 15.6. The van der Waals surface area contributed by atoms with Crippen molar-refractivity contribution in [1.82, 2.24) is 10.2 Å². The van der Waals surface area contributed by atoms with Crippen molar-refractivity contribution in [2.45, 2.75) is 45.2 Å². The Morgan fingerprint density at radius 3 is 2.34 bits per heavy atom. The molecule has 1 heterocycles. The van der Waals surface area contributed by atoms with Gasteiger partial charge >= 0.3 is 5.97 Å². The van der Waals surface area contributed by atoms with Crippen LogP contribution in [0.3, 0.4) is 0 Å². The molecule has 0 unspecified atom stereocenters. The number of hydrogen-bond acceptors (Lipinski definition) is 4. The van der Waals surface area contributed by atoms with Gasteiger partial charge in [-0.25, -0.2) is 4.79 Å². The van der Waals surface area contributed by atoms with Gasteiger partial charge in [0.2, 0.25) is 0 Å². The van der Waals surface area contributed by atoms with Gasteiger partial charge in [-0.3, -0.25) is 4.99 Å². The first kappa shape index (κ1) is 23.5. The first-order valence-electron chi connectivity index (χ1n) is 11.2. The lowest BCUT2D eigenvalue weighted by Crippen LogP contribution is -2.52. The molecule has 0 radical (unpaired) electrons. The number of nitrogens with zero attached hydrogens (tertiary/aromatic N) is 2. The molecule has 170 valence electrons. The van der Waals surface area contributed by atoms with Crippen molar-refractivity contribution in [1.29, 1.82) is 0 Å². The van der Waals surface area contributed by atoms with Crippen LogP contribution in [0, 0.1) is 0 Å². The summed E-state index contributed by atoms with van der Waals surface area (Å²) >= 11 is 0. The highest BCUT2D eigenvalue weighted by atomic mass is 16.5. The predicted molar refractivity (Wildman–Crippen MR) is 127 cm³/mol.